The Kier molecular flexibility index (Phi) is 3.12. The number of nitrogens with zero attached hydrogens (tertiary/aromatic N) is 4. The third kappa shape index (κ3) is 2.29. The van der Waals surface area contributed by atoms with Crippen molar-refractivity contribution >= 4 is 40.0 Å². The van der Waals surface area contributed by atoms with E-state index in [0.29, 0.717) is 11.6 Å². The summed E-state index contributed by atoms with van der Waals surface area (Å²) in [4.78, 5) is 0. The summed E-state index contributed by atoms with van der Waals surface area (Å²) in [5.41, 5.74) is 4.66. The molecule has 0 bridgehead atoms. The van der Waals surface area contributed by atoms with Crippen molar-refractivity contribution in [1.29, 1.82) is 0 Å². The van der Waals surface area contributed by atoms with Gasteiger partial charge in [-0.3, -0.25) is 4.68 Å². The second kappa shape index (κ2) is 4.79. The average Bonchev–Trinajstić information content (AvgIpc) is 2.95. The normalized spacial score (nSPS) is 11.1. The number of nitrogens with one attached hydrogen (secondary N) is 1. The largest absolute Gasteiger partial charge is 0.378 e. The van der Waals surface area contributed by atoms with E-state index in [1.165, 1.54) is 11.7 Å². The summed E-state index contributed by atoms with van der Waals surface area (Å²) >= 11 is 7.41. The van der Waals surface area contributed by atoms with E-state index in [-0.39, 0.29) is 0 Å². The predicted molar refractivity (Wildman–Crippen MR) is 77.7 cm³/mol. The van der Waals surface area contributed by atoms with Crippen molar-refractivity contribution in [1.82, 2.24) is 18.5 Å². The van der Waals surface area contributed by atoms with Gasteiger partial charge in [0.15, 0.2) is 0 Å². The monoisotopic (exact) mass is 293 g/mol. The minimum Gasteiger partial charge on any atom is -0.378 e. The first-order valence-corrected chi connectivity index (χ1v) is 6.90. The summed E-state index contributed by atoms with van der Waals surface area (Å²) in [6.07, 6.45) is 2.00. The molecule has 0 unspecified atom stereocenters. The standard InChI is InChI=1S/C12H12ClN5S/c1-7-8(6-18(2)15-7)5-14-11-9(13)3-4-10-12(11)17-19-16-10/h3-4,6,14H,5H2,1-2H3. The fourth-order valence-electron chi connectivity index (χ4n) is 2.00. The quantitative estimate of drug-likeness (QED) is 0.806. The molecule has 19 heavy (non-hydrogen) atoms. The lowest BCUT2D eigenvalue weighted by Crippen LogP contribution is -2.01. The van der Waals surface area contributed by atoms with Crippen LogP contribution in [0.2, 0.25) is 5.02 Å². The number of fused-ring (bicyclic) bond motifs is 1. The van der Waals surface area contributed by atoms with Gasteiger partial charge < -0.3 is 5.32 Å². The number of hydrogen-bond acceptors (Lipinski definition) is 5. The van der Waals surface area contributed by atoms with Crippen LogP contribution in [0, 0.1) is 6.92 Å². The zero-order chi connectivity index (χ0) is 13.4. The third-order valence-corrected chi connectivity index (χ3v) is 3.81. The summed E-state index contributed by atoms with van der Waals surface area (Å²) in [7, 11) is 1.91. The van der Waals surface area contributed by atoms with Crippen molar-refractivity contribution in [2.75, 3.05) is 5.32 Å². The lowest BCUT2D eigenvalue weighted by atomic mass is 10.2. The van der Waals surface area contributed by atoms with Gasteiger partial charge in [-0.2, -0.15) is 13.8 Å². The number of halogens is 1. The van der Waals surface area contributed by atoms with Crippen molar-refractivity contribution in [2.45, 2.75) is 13.5 Å². The molecule has 7 heteroatoms. The van der Waals surface area contributed by atoms with Crippen LogP contribution in [-0.4, -0.2) is 18.5 Å². The zero-order valence-corrected chi connectivity index (χ0v) is 12.1. The van der Waals surface area contributed by atoms with Crippen LogP contribution in [-0.2, 0) is 13.6 Å². The summed E-state index contributed by atoms with van der Waals surface area (Å²) in [5, 5.41) is 8.30. The van der Waals surface area contributed by atoms with Gasteiger partial charge in [-0.1, -0.05) is 11.6 Å². The van der Waals surface area contributed by atoms with Crippen molar-refractivity contribution in [3.63, 3.8) is 0 Å². The van der Waals surface area contributed by atoms with Crippen molar-refractivity contribution in [2.24, 2.45) is 7.05 Å². The average molecular weight is 294 g/mol. The van der Waals surface area contributed by atoms with Crippen LogP contribution in [0.4, 0.5) is 5.69 Å². The molecule has 3 aromatic rings. The molecule has 3 rings (SSSR count). The second-order valence-corrected chi connectivity index (χ2v) is 5.26. The van der Waals surface area contributed by atoms with E-state index in [9.17, 15) is 0 Å². The minimum absolute atomic E-state index is 0.654. The van der Waals surface area contributed by atoms with Crippen LogP contribution in [0.5, 0.6) is 0 Å². The van der Waals surface area contributed by atoms with Crippen molar-refractivity contribution in [3.8, 4) is 0 Å². The Balaban J connectivity index is 1.91. The number of rotatable bonds is 3. The molecule has 0 fully saturated rings. The molecule has 0 atom stereocenters. The highest BCUT2D eigenvalue weighted by Crippen LogP contribution is 2.30. The van der Waals surface area contributed by atoms with E-state index < -0.39 is 0 Å². The van der Waals surface area contributed by atoms with Gasteiger partial charge in [0.25, 0.3) is 0 Å². The Morgan fingerprint density at radius 1 is 1.37 bits per heavy atom. The van der Waals surface area contributed by atoms with Gasteiger partial charge in [0.05, 0.1) is 28.1 Å². The van der Waals surface area contributed by atoms with E-state index in [0.717, 1.165) is 28.0 Å². The van der Waals surface area contributed by atoms with Crippen LogP contribution < -0.4 is 5.32 Å². The van der Waals surface area contributed by atoms with E-state index in [2.05, 4.69) is 19.2 Å². The Labute approximate surface area is 119 Å². The van der Waals surface area contributed by atoms with Gasteiger partial charge in [-0.15, -0.1) is 0 Å². The van der Waals surface area contributed by atoms with Crippen LogP contribution in [0.3, 0.4) is 0 Å². The van der Waals surface area contributed by atoms with Crippen molar-refractivity contribution < 1.29 is 0 Å². The van der Waals surface area contributed by atoms with Crippen LogP contribution >= 0.6 is 23.3 Å². The number of benzene rings is 1. The molecule has 98 valence electrons. The van der Waals surface area contributed by atoms with Gasteiger partial charge in [0, 0.05) is 25.4 Å². The molecule has 1 aromatic carbocycles. The first kappa shape index (κ1) is 12.4. The zero-order valence-electron chi connectivity index (χ0n) is 10.5. The van der Waals surface area contributed by atoms with E-state index >= 15 is 0 Å². The fraction of sp³-hybridized carbons (Fsp3) is 0.250. The molecule has 0 radical (unpaired) electrons. The lowest BCUT2D eigenvalue weighted by molar-refractivity contribution is 0.756. The first-order valence-electron chi connectivity index (χ1n) is 5.79. The Bertz CT molecular complexity index is 733. The molecule has 0 aliphatic carbocycles. The highest BCUT2D eigenvalue weighted by Gasteiger charge is 2.10. The number of aryl methyl sites for hydroxylation is 2. The number of aromatic nitrogens is 4. The van der Waals surface area contributed by atoms with Crippen LogP contribution in [0.1, 0.15) is 11.3 Å². The molecule has 0 saturated carbocycles. The minimum atomic E-state index is 0.654. The molecule has 0 aliphatic heterocycles. The molecular formula is C12H12ClN5S. The maximum absolute atomic E-state index is 6.22. The summed E-state index contributed by atoms with van der Waals surface area (Å²) in [5.74, 6) is 0. The molecule has 0 amide bonds. The lowest BCUT2D eigenvalue weighted by Gasteiger charge is -2.08. The smallest absolute Gasteiger partial charge is 0.129 e. The van der Waals surface area contributed by atoms with Gasteiger partial charge in [0.2, 0.25) is 0 Å². The summed E-state index contributed by atoms with van der Waals surface area (Å²) in [6, 6.07) is 3.71. The molecule has 1 N–H and O–H groups in total. The van der Waals surface area contributed by atoms with Gasteiger partial charge in [-0.05, 0) is 19.1 Å². The molecular weight excluding hydrogens is 282 g/mol. The second-order valence-electron chi connectivity index (χ2n) is 4.32. The molecule has 0 aliphatic rings. The molecule has 0 saturated heterocycles. The number of anilines is 1. The van der Waals surface area contributed by atoms with Gasteiger partial charge >= 0.3 is 0 Å². The molecule has 2 aromatic heterocycles. The summed E-state index contributed by atoms with van der Waals surface area (Å²) in [6.45, 7) is 2.65. The Hall–Kier alpha value is -1.66. The predicted octanol–water partition coefficient (Wildman–Crippen LogP) is 3.00. The Morgan fingerprint density at radius 2 is 2.21 bits per heavy atom. The third-order valence-electron chi connectivity index (χ3n) is 2.95. The highest BCUT2D eigenvalue weighted by atomic mass is 35.5. The van der Waals surface area contributed by atoms with E-state index in [1.807, 2.05) is 32.3 Å². The highest BCUT2D eigenvalue weighted by molar-refractivity contribution is 7.00. The van der Waals surface area contributed by atoms with E-state index in [4.69, 9.17) is 11.6 Å². The van der Waals surface area contributed by atoms with Crippen molar-refractivity contribution in [3.05, 3.63) is 34.6 Å². The SMILES string of the molecule is Cc1nn(C)cc1CNc1c(Cl)ccc2nsnc12. The molecule has 5 nitrogen and oxygen atoms in total. The topological polar surface area (TPSA) is 55.6 Å². The molecule has 2 heterocycles. The first-order chi connectivity index (χ1) is 9.15. The maximum atomic E-state index is 6.22. The summed E-state index contributed by atoms with van der Waals surface area (Å²) < 4.78 is 10.3. The van der Waals surface area contributed by atoms with Gasteiger partial charge in [0.1, 0.15) is 11.0 Å². The fourth-order valence-corrected chi connectivity index (χ4v) is 2.76. The maximum Gasteiger partial charge on any atom is 0.129 e. The number of hydrogen-bond donors (Lipinski definition) is 1. The Morgan fingerprint density at radius 3 is 2.95 bits per heavy atom. The van der Waals surface area contributed by atoms with Crippen LogP contribution in [0.15, 0.2) is 18.3 Å². The van der Waals surface area contributed by atoms with E-state index in [1.54, 1.807) is 4.68 Å². The molecule has 0 spiro atoms. The van der Waals surface area contributed by atoms with Gasteiger partial charge in [-0.25, -0.2) is 0 Å². The van der Waals surface area contributed by atoms with Crippen LogP contribution in [0.25, 0.3) is 11.0 Å².